The Morgan fingerprint density at radius 3 is 2.40 bits per heavy atom. The van der Waals surface area contributed by atoms with Crippen LogP contribution in [0.2, 0.25) is 0 Å². The summed E-state index contributed by atoms with van der Waals surface area (Å²) >= 11 is 0. The number of carbonyl (C=O) groups excluding carboxylic acids is 1. The third kappa shape index (κ3) is 3.04. The summed E-state index contributed by atoms with van der Waals surface area (Å²) < 4.78 is 11.3. The minimum atomic E-state index is -0.663. The van der Waals surface area contributed by atoms with Crippen LogP contribution >= 0.6 is 0 Å². The summed E-state index contributed by atoms with van der Waals surface area (Å²) in [6.07, 6.45) is 6.09. The minimum absolute atomic E-state index is 0.0750. The fourth-order valence-electron chi connectivity index (χ4n) is 3.00. The molecule has 0 aliphatic heterocycles. The lowest BCUT2D eigenvalue weighted by atomic mass is 9.85. The van der Waals surface area contributed by atoms with Crippen molar-refractivity contribution in [1.29, 1.82) is 0 Å². The molecule has 0 atom stereocenters. The summed E-state index contributed by atoms with van der Waals surface area (Å²) in [7, 11) is 1.66. The molecule has 0 bridgehead atoms. The molecule has 1 aliphatic rings. The van der Waals surface area contributed by atoms with Crippen molar-refractivity contribution in [3.63, 3.8) is 0 Å². The van der Waals surface area contributed by atoms with Gasteiger partial charge in [0.15, 0.2) is 5.78 Å². The summed E-state index contributed by atoms with van der Waals surface area (Å²) in [5.74, 6) is 0.742. The van der Waals surface area contributed by atoms with Crippen molar-refractivity contribution in [2.24, 2.45) is 0 Å². The number of methoxy groups -OCH3 is 1. The van der Waals surface area contributed by atoms with Crippen molar-refractivity contribution in [2.45, 2.75) is 51.0 Å². The molecule has 1 saturated carbocycles. The average molecular weight is 276 g/mol. The highest BCUT2D eigenvalue weighted by atomic mass is 16.5. The van der Waals surface area contributed by atoms with E-state index in [2.05, 4.69) is 0 Å². The van der Waals surface area contributed by atoms with Crippen LogP contribution in [0.3, 0.4) is 0 Å². The Morgan fingerprint density at radius 2 is 1.80 bits per heavy atom. The van der Waals surface area contributed by atoms with Gasteiger partial charge in [0.25, 0.3) is 0 Å². The van der Waals surface area contributed by atoms with Crippen LogP contribution in [0.5, 0.6) is 5.75 Å². The normalized spacial score (nSPS) is 18.3. The molecule has 0 N–H and O–H groups in total. The van der Waals surface area contributed by atoms with Gasteiger partial charge in [-0.1, -0.05) is 37.8 Å². The predicted molar refractivity (Wildman–Crippen MR) is 79.4 cm³/mol. The van der Waals surface area contributed by atoms with Crippen LogP contribution in [0.25, 0.3) is 0 Å². The molecule has 110 valence electrons. The Morgan fingerprint density at radius 1 is 1.15 bits per heavy atom. The number of para-hydroxylation sites is 1. The summed E-state index contributed by atoms with van der Waals surface area (Å²) in [5, 5.41) is 0. The van der Waals surface area contributed by atoms with Gasteiger partial charge in [-0.2, -0.15) is 0 Å². The molecular weight excluding hydrogens is 252 g/mol. The first-order valence-corrected chi connectivity index (χ1v) is 7.55. The first-order valence-electron chi connectivity index (χ1n) is 7.55. The van der Waals surface area contributed by atoms with E-state index in [1.54, 1.807) is 7.11 Å². The van der Waals surface area contributed by atoms with Crippen LogP contribution < -0.4 is 4.74 Å². The van der Waals surface area contributed by atoms with E-state index in [0.29, 0.717) is 17.9 Å². The molecule has 0 aromatic heterocycles. The van der Waals surface area contributed by atoms with Crippen LogP contribution in [0.15, 0.2) is 24.3 Å². The zero-order valence-corrected chi connectivity index (χ0v) is 12.5. The molecule has 1 aromatic carbocycles. The van der Waals surface area contributed by atoms with Crippen molar-refractivity contribution in [1.82, 2.24) is 0 Å². The molecule has 20 heavy (non-hydrogen) atoms. The van der Waals surface area contributed by atoms with E-state index in [9.17, 15) is 4.79 Å². The fourth-order valence-corrected chi connectivity index (χ4v) is 3.00. The first-order chi connectivity index (χ1) is 9.73. The number of Topliss-reactive ketones (excluding diaryl/α,β-unsaturated/α-hetero) is 1. The lowest BCUT2D eigenvalue weighted by molar-refractivity contribution is -0.00714. The van der Waals surface area contributed by atoms with E-state index in [4.69, 9.17) is 9.47 Å². The quantitative estimate of drug-likeness (QED) is 0.602. The van der Waals surface area contributed by atoms with E-state index < -0.39 is 5.60 Å². The van der Waals surface area contributed by atoms with Gasteiger partial charge in [0.2, 0.25) is 0 Å². The number of hydrogen-bond donors (Lipinski definition) is 0. The molecule has 0 saturated heterocycles. The molecule has 1 aromatic rings. The number of carbonyl (C=O) groups is 1. The highest BCUT2D eigenvalue weighted by molar-refractivity contribution is 6.04. The Kier molecular flexibility index (Phi) is 5.18. The second-order valence-corrected chi connectivity index (χ2v) is 5.37. The van der Waals surface area contributed by atoms with E-state index in [1.807, 2.05) is 31.2 Å². The maximum absolute atomic E-state index is 13.0. The van der Waals surface area contributed by atoms with Gasteiger partial charge in [-0.15, -0.1) is 0 Å². The lowest BCUT2D eigenvalue weighted by Gasteiger charge is -2.30. The highest BCUT2D eigenvalue weighted by Crippen LogP contribution is 2.35. The van der Waals surface area contributed by atoms with Gasteiger partial charge >= 0.3 is 0 Å². The van der Waals surface area contributed by atoms with Gasteiger partial charge in [-0.05, 0) is 31.9 Å². The van der Waals surface area contributed by atoms with Crippen molar-refractivity contribution in [3.8, 4) is 5.75 Å². The molecule has 3 nitrogen and oxygen atoms in total. The van der Waals surface area contributed by atoms with Gasteiger partial charge in [0, 0.05) is 7.11 Å². The third-order valence-electron chi connectivity index (χ3n) is 4.15. The van der Waals surface area contributed by atoms with Gasteiger partial charge in [-0.3, -0.25) is 4.79 Å². The van der Waals surface area contributed by atoms with Crippen molar-refractivity contribution in [2.75, 3.05) is 13.7 Å². The zero-order chi connectivity index (χ0) is 14.4. The molecule has 2 rings (SSSR count). The molecule has 0 amide bonds. The summed E-state index contributed by atoms with van der Waals surface area (Å²) in [6.45, 7) is 2.49. The maximum atomic E-state index is 13.0. The first kappa shape index (κ1) is 15.0. The minimum Gasteiger partial charge on any atom is -0.493 e. The van der Waals surface area contributed by atoms with Crippen LogP contribution in [0.4, 0.5) is 0 Å². The smallest absolute Gasteiger partial charge is 0.198 e. The van der Waals surface area contributed by atoms with E-state index in [-0.39, 0.29) is 5.78 Å². The number of benzene rings is 1. The summed E-state index contributed by atoms with van der Waals surface area (Å²) in [4.78, 5) is 13.0. The van der Waals surface area contributed by atoms with Crippen molar-refractivity contribution in [3.05, 3.63) is 29.8 Å². The SMILES string of the molecule is CCOc1ccccc1C(=O)C1(OC)CCCCCC1. The summed E-state index contributed by atoms with van der Waals surface area (Å²) in [6, 6.07) is 7.49. The zero-order valence-electron chi connectivity index (χ0n) is 12.5. The Labute approximate surface area is 121 Å². The maximum Gasteiger partial charge on any atom is 0.198 e. The second kappa shape index (κ2) is 6.89. The number of hydrogen-bond acceptors (Lipinski definition) is 3. The molecule has 0 heterocycles. The molecule has 1 fully saturated rings. The molecule has 1 aliphatic carbocycles. The monoisotopic (exact) mass is 276 g/mol. The molecule has 3 heteroatoms. The molecular formula is C17H24O3. The predicted octanol–water partition coefficient (Wildman–Crippen LogP) is 4.01. The number of ether oxygens (including phenoxy) is 2. The van der Waals surface area contributed by atoms with Crippen LogP contribution in [0, 0.1) is 0 Å². The fraction of sp³-hybridized carbons (Fsp3) is 0.588. The average Bonchev–Trinajstić information content (AvgIpc) is 2.74. The van der Waals surface area contributed by atoms with E-state index in [0.717, 1.165) is 25.7 Å². The van der Waals surface area contributed by atoms with Crippen molar-refractivity contribution < 1.29 is 14.3 Å². The second-order valence-electron chi connectivity index (χ2n) is 5.37. The van der Waals surface area contributed by atoms with Gasteiger partial charge in [0.1, 0.15) is 11.4 Å². The molecule has 0 unspecified atom stereocenters. The standard InChI is InChI=1S/C17H24O3/c1-3-20-15-11-7-6-10-14(15)16(18)17(19-2)12-8-4-5-9-13-17/h6-7,10-11H,3-5,8-9,12-13H2,1-2H3. The Hall–Kier alpha value is -1.35. The Bertz CT molecular complexity index is 445. The lowest BCUT2D eigenvalue weighted by Crippen LogP contribution is -2.40. The van der Waals surface area contributed by atoms with Crippen molar-refractivity contribution >= 4 is 5.78 Å². The van der Waals surface area contributed by atoms with Crippen LogP contribution in [0.1, 0.15) is 55.8 Å². The van der Waals surface area contributed by atoms with Crippen LogP contribution in [-0.2, 0) is 4.74 Å². The van der Waals surface area contributed by atoms with Gasteiger partial charge in [-0.25, -0.2) is 0 Å². The summed E-state index contributed by atoms with van der Waals surface area (Å²) in [5.41, 5.74) is -0.0120. The number of rotatable bonds is 5. The number of ketones is 1. The Balaban J connectivity index is 2.32. The van der Waals surface area contributed by atoms with E-state index in [1.165, 1.54) is 12.8 Å². The third-order valence-corrected chi connectivity index (χ3v) is 4.15. The van der Waals surface area contributed by atoms with Crippen LogP contribution in [-0.4, -0.2) is 25.1 Å². The largest absolute Gasteiger partial charge is 0.493 e. The van der Waals surface area contributed by atoms with E-state index >= 15 is 0 Å². The van der Waals surface area contributed by atoms with Gasteiger partial charge < -0.3 is 9.47 Å². The molecule has 0 radical (unpaired) electrons. The highest BCUT2D eigenvalue weighted by Gasteiger charge is 2.40. The van der Waals surface area contributed by atoms with Gasteiger partial charge in [0.05, 0.1) is 12.2 Å². The topological polar surface area (TPSA) is 35.5 Å². The molecule has 0 spiro atoms.